The number of thioether (sulfide) groups is 1. The number of nitrogens with one attached hydrogen (secondary N) is 1. The van der Waals surface area contributed by atoms with E-state index in [1.165, 1.54) is 22.2 Å². The predicted octanol–water partition coefficient (Wildman–Crippen LogP) is 2.43. The van der Waals surface area contributed by atoms with Crippen molar-refractivity contribution in [1.82, 2.24) is 19.8 Å². The van der Waals surface area contributed by atoms with Crippen LogP contribution in [0.15, 0.2) is 9.95 Å². The van der Waals surface area contributed by atoms with E-state index in [-0.39, 0.29) is 29.7 Å². The highest BCUT2D eigenvalue weighted by Gasteiger charge is 2.25. The van der Waals surface area contributed by atoms with E-state index < -0.39 is 0 Å². The highest BCUT2D eigenvalue weighted by atomic mass is 32.2. The van der Waals surface area contributed by atoms with Crippen molar-refractivity contribution < 1.29 is 9.59 Å². The van der Waals surface area contributed by atoms with Crippen LogP contribution in [0.1, 0.15) is 43.6 Å². The van der Waals surface area contributed by atoms with E-state index >= 15 is 0 Å². The summed E-state index contributed by atoms with van der Waals surface area (Å²) in [4.78, 5) is 46.1. The summed E-state index contributed by atoms with van der Waals surface area (Å²) in [6, 6.07) is 0. The molecule has 1 aliphatic heterocycles. The van der Waals surface area contributed by atoms with Gasteiger partial charge in [-0.3, -0.25) is 19.0 Å². The number of amides is 2. The molecule has 0 radical (unpaired) electrons. The fourth-order valence-corrected chi connectivity index (χ4v) is 6.54. The second kappa shape index (κ2) is 9.09. The number of aryl methyl sites for hydroxylation is 1. The second-order valence-electron chi connectivity index (χ2n) is 8.13. The Balaban J connectivity index is 1.46. The van der Waals surface area contributed by atoms with Crippen LogP contribution in [0.5, 0.6) is 0 Å². The summed E-state index contributed by atoms with van der Waals surface area (Å²) in [6.07, 6.45) is 5.12. The van der Waals surface area contributed by atoms with Gasteiger partial charge in [-0.1, -0.05) is 18.7 Å². The Labute approximate surface area is 184 Å². The van der Waals surface area contributed by atoms with Crippen LogP contribution in [0, 0.1) is 5.92 Å². The van der Waals surface area contributed by atoms with Gasteiger partial charge >= 0.3 is 0 Å². The number of thiophene rings is 1. The molecule has 2 aliphatic rings. The van der Waals surface area contributed by atoms with Gasteiger partial charge in [0.25, 0.3) is 5.56 Å². The number of aromatic nitrogens is 2. The Bertz CT molecular complexity index is 1020. The summed E-state index contributed by atoms with van der Waals surface area (Å²) in [5, 5.41) is 4.04. The quantitative estimate of drug-likeness (QED) is 0.542. The molecule has 7 nitrogen and oxygen atoms in total. The molecule has 1 aliphatic carbocycles. The molecule has 2 amide bonds. The molecule has 1 unspecified atom stereocenters. The second-order valence-corrected chi connectivity index (χ2v) is 10.2. The van der Waals surface area contributed by atoms with Crippen molar-refractivity contribution in [2.45, 2.75) is 57.7 Å². The third-order valence-corrected chi connectivity index (χ3v) is 8.05. The maximum Gasteiger partial charge on any atom is 0.263 e. The topological polar surface area (TPSA) is 84.3 Å². The lowest BCUT2D eigenvalue weighted by Gasteiger charge is -2.17. The van der Waals surface area contributed by atoms with Crippen molar-refractivity contribution in [3.63, 3.8) is 0 Å². The zero-order valence-electron chi connectivity index (χ0n) is 17.5. The van der Waals surface area contributed by atoms with E-state index in [1.807, 2.05) is 6.92 Å². The average Bonchev–Trinajstić information content (AvgIpc) is 3.38. The van der Waals surface area contributed by atoms with Crippen LogP contribution in [-0.2, 0) is 29.0 Å². The zero-order valence-corrected chi connectivity index (χ0v) is 19.2. The van der Waals surface area contributed by atoms with E-state index in [2.05, 4.69) is 12.2 Å². The van der Waals surface area contributed by atoms with Gasteiger partial charge in [0.1, 0.15) is 4.83 Å². The number of likely N-dealkylation sites (tertiary alicyclic amines) is 1. The molecule has 1 fully saturated rings. The third kappa shape index (κ3) is 4.27. The van der Waals surface area contributed by atoms with Crippen molar-refractivity contribution >= 4 is 45.1 Å². The lowest BCUT2D eigenvalue weighted by Crippen LogP contribution is -2.39. The van der Waals surface area contributed by atoms with Crippen LogP contribution in [0.3, 0.4) is 0 Å². The third-order valence-electron chi connectivity index (χ3n) is 5.92. The van der Waals surface area contributed by atoms with Gasteiger partial charge in [-0.05, 0) is 50.5 Å². The number of fused-ring (bicyclic) bond motifs is 3. The molecular weight excluding hydrogens is 420 g/mol. The summed E-state index contributed by atoms with van der Waals surface area (Å²) in [7, 11) is 0. The normalized spacial score (nSPS) is 18.6. The van der Waals surface area contributed by atoms with E-state index in [0.29, 0.717) is 17.6 Å². The Kier molecular flexibility index (Phi) is 6.48. The molecule has 2 aromatic rings. The van der Waals surface area contributed by atoms with Gasteiger partial charge in [-0.2, -0.15) is 0 Å². The maximum atomic E-state index is 13.2. The highest BCUT2D eigenvalue weighted by molar-refractivity contribution is 7.99. The van der Waals surface area contributed by atoms with Crippen LogP contribution in [0.2, 0.25) is 0 Å². The van der Waals surface area contributed by atoms with Crippen LogP contribution < -0.4 is 10.9 Å². The number of hydrogen-bond acceptors (Lipinski definition) is 6. The minimum Gasteiger partial charge on any atom is -0.346 e. The average molecular weight is 449 g/mol. The van der Waals surface area contributed by atoms with Gasteiger partial charge in [-0.25, -0.2) is 4.98 Å². The summed E-state index contributed by atoms with van der Waals surface area (Å²) < 4.78 is 1.67. The summed E-state index contributed by atoms with van der Waals surface area (Å²) >= 11 is 2.89. The standard InChI is InChI=1S/C21H28N4O3S2/c1-3-25-20(28)18-14-7-6-13(2)10-15(14)30-19(18)23-21(25)29-12-16(26)22-11-17(27)24-8-4-5-9-24/h13H,3-12H2,1-2H3,(H,22,26). The smallest absolute Gasteiger partial charge is 0.263 e. The molecule has 30 heavy (non-hydrogen) atoms. The van der Waals surface area contributed by atoms with Gasteiger partial charge in [0, 0.05) is 24.5 Å². The first kappa shape index (κ1) is 21.4. The molecule has 0 aromatic carbocycles. The van der Waals surface area contributed by atoms with Gasteiger partial charge in [0.2, 0.25) is 11.8 Å². The molecule has 0 saturated carbocycles. The van der Waals surface area contributed by atoms with Crippen molar-refractivity contribution in [2.75, 3.05) is 25.4 Å². The maximum absolute atomic E-state index is 13.2. The first-order valence-corrected chi connectivity index (χ1v) is 12.5. The molecule has 0 spiro atoms. The Morgan fingerprint density at radius 3 is 2.80 bits per heavy atom. The van der Waals surface area contributed by atoms with Crippen LogP contribution in [0.4, 0.5) is 0 Å². The number of rotatable bonds is 6. The molecule has 2 aromatic heterocycles. The number of nitrogens with zero attached hydrogens (tertiary/aromatic N) is 3. The van der Waals surface area contributed by atoms with Crippen LogP contribution >= 0.6 is 23.1 Å². The summed E-state index contributed by atoms with van der Waals surface area (Å²) in [6.45, 7) is 6.27. The molecule has 4 rings (SSSR count). The Morgan fingerprint density at radius 1 is 1.30 bits per heavy atom. The van der Waals surface area contributed by atoms with E-state index in [4.69, 9.17) is 4.98 Å². The molecule has 3 heterocycles. The van der Waals surface area contributed by atoms with Crippen molar-refractivity contribution in [3.8, 4) is 0 Å². The lowest BCUT2D eigenvalue weighted by molar-refractivity contribution is -0.131. The first-order valence-electron chi connectivity index (χ1n) is 10.7. The van der Waals surface area contributed by atoms with Gasteiger partial charge in [0.05, 0.1) is 17.7 Å². The van der Waals surface area contributed by atoms with Gasteiger partial charge < -0.3 is 10.2 Å². The Hall–Kier alpha value is -1.87. The molecule has 162 valence electrons. The van der Waals surface area contributed by atoms with E-state index in [0.717, 1.165) is 55.4 Å². The van der Waals surface area contributed by atoms with Crippen molar-refractivity contribution in [2.24, 2.45) is 5.92 Å². The number of carbonyl (C=O) groups is 2. The minimum absolute atomic E-state index is 0.00155. The Morgan fingerprint density at radius 2 is 2.07 bits per heavy atom. The lowest BCUT2D eigenvalue weighted by atomic mass is 9.89. The SMILES string of the molecule is CCn1c(SCC(=O)NCC(=O)N2CCCC2)nc2sc3c(c2c1=O)CCC(C)C3. The minimum atomic E-state index is -0.219. The first-order chi connectivity index (χ1) is 14.5. The molecular formula is C21H28N4O3S2. The monoisotopic (exact) mass is 448 g/mol. The number of carbonyl (C=O) groups excluding carboxylic acids is 2. The molecule has 1 atom stereocenters. The van der Waals surface area contributed by atoms with Crippen LogP contribution in [0.25, 0.3) is 10.2 Å². The summed E-state index contributed by atoms with van der Waals surface area (Å²) in [5.74, 6) is 0.519. The molecule has 9 heteroatoms. The highest BCUT2D eigenvalue weighted by Crippen LogP contribution is 2.36. The number of hydrogen-bond donors (Lipinski definition) is 1. The molecule has 0 bridgehead atoms. The fraction of sp³-hybridized carbons (Fsp3) is 0.619. The molecule has 1 N–H and O–H groups in total. The van der Waals surface area contributed by atoms with E-state index in [9.17, 15) is 14.4 Å². The predicted molar refractivity (Wildman–Crippen MR) is 120 cm³/mol. The van der Waals surface area contributed by atoms with Crippen molar-refractivity contribution in [3.05, 3.63) is 20.8 Å². The van der Waals surface area contributed by atoms with Crippen molar-refractivity contribution in [1.29, 1.82) is 0 Å². The van der Waals surface area contributed by atoms with Gasteiger partial charge in [-0.15, -0.1) is 11.3 Å². The van der Waals surface area contributed by atoms with Crippen LogP contribution in [-0.4, -0.2) is 51.7 Å². The fourth-order valence-electron chi connectivity index (χ4n) is 4.23. The van der Waals surface area contributed by atoms with Gasteiger partial charge in [0.15, 0.2) is 5.16 Å². The zero-order chi connectivity index (χ0) is 21.3. The van der Waals surface area contributed by atoms with E-state index in [1.54, 1.807) is 20.8 Å². The summed E-state index contributed by atoms with van der Waals surface area (Å²) in [5.41, 5.74) is 1.18. The molecule has 1 saturated heterocycles. The largest absolute Gasteiger partial charge is 0.346 e.